The summed E-state index contributed by atoms with van der Waals surface area (Å²) in [6.45, 7) is 0.806. The molecular formula is C16H16FNO. The Morgan fingerprint density at radius 1 is 1.21 bits per heavy atom. The molecule has 0 bridgehead atoms. The van der Waals surface area contributed by atoms with Gasteiger partial charge in [-0.15, -0.1) is 0 Å². The summed E-state index contributed by atoms with van der Waals surface area (Å²) in [6, 6.07) is 13.2. The summed E-state index contributed by atoms with van der Waals surface area (Å²) < 4.78 is 19.2. The number of hydrogen-bond acceptors (Lipinski definition) is 2. The SMILES string of the molecule is NCc1ccc(OCC2Cc3ccccc32)cc1F. The van der Waals surface area contributed by atoms with Crippen molar-refractivity contribution in [2.24, 2.45) is 5.73 Å². The van der Waals surface area contributed by atoms with Crippen LogP contribution in [0.5, 0.6) is 5.75 Å². The van der Waals surface area contributed by atoms with E-state index in [1.807, 2.05) is 6.07 Å². The molecule has 1 unspecified atom stereocenters. The Balaban J connectivity index is 1.64. The fourth-order valence-electron chi connectivity index (χ4n) is 2.49. The first kappa shape index (κ1) is 12.2. The third-order valence-electron chi connectivity index (χ3n) is 3.66. The van der Waals surface area contributed by atoms with Crippen LogP contribution in [0.25, 0.3) is 0 Å². The number of ether oxygens (including phenoxy) is 1. The predicted molar refractivity (Wildman–Crippen MR) is 72.7 cm³/mol. The molecule has 2 aromatic rings. The molecule has 0 aromatic heterocycles. The van der Waals surface area contributed by atoms with Gasteiger partial charge < -0.3 is 10.5 Å². The number of fused-ring (bicyclic) bond motifs is 1. The van der Waals surface area contributed by atoms with Crippen molar-refractivity contribution in [1.82, 2.24) is 0 Å². The van der Waals surface area contributed by atoms with E-state index in [4.69, 9.17) is 10.5 Å². The van der Waals surface area contributed by atoms with E-state index in [2.05, 4.69) is 18.2 Å². The minimum Gasteiger partial charge on any atom is -0.493 e. The van der Waals surface area contributed by atoms with Gasteiger partial charge in [-0.2, -0.15) is 0 Å². The van der Waals surface area contributed by atoms with Crippen molar-refractivity contribution in [3.8, 4) is 5.75 Å². The van der Waals surface area contributed by atoms with Gasteiger partial charge in [0.05, 0.1) is 6.61 Å². The van der Waals surface area contributed by atoms with Gasteiger partial charge in [0.2, 0.25) is 0 Å². The van der Waals surface area contributed by atoms with Gasteiger partial charge in [0, 0.05) is 24.1 Å². The van der Waals surface area contributed by atoms with Crippen molar-refractivity contribution in [3.63, 3.8) is 0 Å². The lowest BCUT2D eigenvalue weighted by Gasteiger charge is -2.29. The van der Waals surface area contributed by atoms with Crippen LogP contribution in [0.2, 0.25) is 0 Å². The largest absolute Gasteiger partial charge is 0.493 e. The molecule has 0 saturated carbocycles. The smallest absolute Gasteiger partial charge is 0.131 e. The molecule has 2 aromatic carbocycles. The van der Waals surface area contributed by atoms with Crippen molar-refractivity contribution in [2.45, 2.75) is 18.9 Å². The summed E-state index contributed by atoms with van der Waals surface area (Å²) in [5.41, 5.74) is 8.68. The Kier molecular flexibility index (Phi) is 3.22. The summed E-state index contributed by atoms with van der Waals surface area (Å²) in [7, 11) is 0. The molecule has 1 aliphatic carbocycles. The summed E-state index contributed by atoms with van der Waals surface area (Å²) in [6.07, 6.45) is 1.04. The lowest BCUT2D eigenvalue weighted by Crippen LogP contribution is -2.23. The molecule has 1 aliphatic rings. The first-order valence-corrected chi connectivity index (χ1v) is 6.47. The molecule has 98 valence electrons. The van der Waals surface area contributed by atoms with Gasteiger partial charge in [-0.1, -0.05) is 30.3 Å². The number of rotatable bonds is 4. The van der Waals surface area contributed by atoms with Crippen LogP contribution in [0, 0.1) is 5.82 Å². The summed E-state index contributed by atoms with van der Waals surface area (Å²) >= 11 is 0. The quantitative estimate of drug-likeness (QED) is 0.913. The number of nitrogens with two attached hydrogens (primary N) is 1. The van der Waals surface area contributed by atoms with Crippen molar-refractivity contribution in [1.29, 1.82) is 0 Å². The molecule has 0 aliphatic heterocycles. The molecule has 2 nitrogen and oxygen atoms in total. The molecule has 19 heavy (non-hydrogen) atoms. The van der Waals surface area contributed by atoms with Gasteiger partial charge in [0.1, 0.15) is 11.6 Å². The van der Waals surface area contributed by atoms with Gasteiger partial charge in [-0.25, -0.2) is 4.39 Å². The van der Waals surface area contributed by atoms with Gasteiger partial charge in [-0.3, -0.25) is 0 Å². The fourth-order valence-corrected chi connectivity index (χ4v) is 2.49. The molecule has 0 fully saturated rings. The van der Waals surface area contributed by atoms with E-state index in [-0.39, 0.29) is 12.4 Å². The maximum absolute atomic E-state index is 13.5. The van der Waals surface area contributed by atoms with Crippen molar-refractivity contribution in [2.75, 3.05) is 6.61 Å². The third kappa shape index (κ3) is 2.34. The topological polar surface area (TPSA) is 35.2 Å². The van der Waals surface area contributed by atoms with Crippen LogP contribution in [-0.2, 0) is 13.0 Å². The van der Waals surface area contributed by atoms with Crippen LogP contribution >= 0.6 is 0 Å². The third-order valence-corrected chi connectivity index (χ3v) is 3.66. The zero-order chi connectivity index (χ0) is 13.2. The van der Waals surface area contributed by atoms with Crippen LogP contribution in [0.15, 0.2) is 42.5 Å². The zero-order valence-electron chi connectivity index (χ0n) is 10.6. The first-order valence-electron chi connectivity index (χ1n) is 6.47. The van der Waals surface area contributed by atoms with E-state index in [0.717, 1.165) is 6.42 Å². The molecule has 0 saturated heterocycles. The maximum Gasteiger partial charge on any atom is 0.131 e. The standard InChI is InChI=1S/C16H16FNO/c17-16-8-14(6-5-12(16)9-18)19-10-13-7-11-3-1-2-4-15(11)13/h1-6,8,13H,7,9-10,18H2. The first-order chi connectivity index (χ1) is 9.28. The monoisotopic (exact) mass is 257 g/mol. The highest BCUT2D eigenvalue weighted by atomic mass is 19.1. The molecule has 1 atom stereocenters. The lowest BCUT2D eigenvalue weighted by atomic mass is 9.78. The van der Waals surface area contributed by atoms with Gasteiger partial charge >= 0.3 is 0 Å². The van der Waals surface area contributed by atoms with E-state index in [0.29, 0.717) is 23.8 Å². The second-order valence-electron chi connectivity index (χ2n) is 4.87. The average Bonchev–Trinajstić information content (AvgIpc) is 2.40. The minimum atomic E-state index is -0.297. The van der Waals surface area contributed by atoms with Gasteiger partial charge in [0.25, 0.3) is 0 Å². The van der Waals surface area contributed by atoms with Crippen LogP contribution in [0.1, 0.15) is 22.6 Å². The van der Waals surface area contributed by atoms with Crippen molar-refractivity contribution < 1.29 is 9.13 Å². The average molecular weight is 257 g/mol. The van der Waals surface area contributed by atoms with Crippen LogP contribution < -0.4 is 10.5 Å². The zero-order valence-corrected chi connectivity index (χ0v) is 10.6. The Bertz CT molecular complexity index is 597. The number of hydrogen-bond donors (Lipinski definition) is 1. The van der Waals surface area contributed by atoms with Crippen molar-refractivity contribution in [3.05, 3.63) is 65.0 Å². The Labute approximate surface area is 112 Å². The van der Waals surface area contributed by atoms with Gasteiger partial charge in [-0.05, 0) is 23.6 Å². The number of benzene rings is 2. The second kappa shape index (κ2) is 5.02. The van der Waals surface area contributed by atoms with Crippen LogP contribution in [-0.4, -0.2) is 6.61 Å². The van der Waals surface area contributed by atoms with E-state index in [1.54, 1.807) is 12.1 Å². The Morgan fingerprint density at radius 3 is 2.79 bits per heavy atom. The maximum atomic E-state index is 13.5. The summed E-state index contributed by atoms with van der Waals surface area (Å²) in [5.74, 6) is 0.696. The highest BCUT2D eigenvalue weighted by molar-refractivity contribution is 5.40. The Hall–Kier alpha value is -1.87. The normalized spacial score (nSPS) is 16.6. The predicted octanol–water partition coefficient (Wildman–Crippen LogP) is 3.00. The highest BCUT2D eigenvalue weighted by Gasteiger charge is 2.25. The minimum absolute atomic E-state index is 0.210. The summed E-state index contributed by atoms with van der Waals surface area (Å²) in [4.78, 5) is 0. The summed E-state index contributed by atoms with van der Waals surface area (Å²) in [5, 5.41) is 0. The lowest BCUT2D eigenvalue weighted by molar-refractivity contribution is 0.274. The Morgan fingerprint density at radius 2 is 2.05 bits per heavy atom. The molecule has 0 amide bonds. The molecule has 0 spiro atoms. The van der Waals surface area contributed by atoms with E-state index >= 15 is 0 Å². The second-order valence-corrected chi connectivity index (χ2v) is 4.87. The van der Waals surface area contributed by atoms with Crippen LogP contribution in [0.4, 0.5) is 4.39 Å². The van der Waals surface area contributed by atoms with E-state index < -0.39 is 0 Å². The van der Waals surface area contributed by atoms with E-state index in [9.17, 15) is 4.39 Å². The van der Waals surface area contributed by atoms with E-state index in [1.165, 1.54) is 17.2 Å². The van der Waals surface area contributed by atoms with Gasteiger partial charge in [0.15, 0.2) is 0 Å². The molecule has 3 heteroatoms. The molecule has 0 heterocycles. The van der Waals surface area contributed by atoms with Crippen LogP contribution in [0.3, 0.4) is 0 Å². The van der Waals surface area contributed by atoms with Crippen molar-refractivity contribution >= 4 is 0 Å². The fraction of sp³-hybridized carbons (Fsp3) is 0.250. The molecule has 2 N–H and O–H groups in total. The highest BCUT2D eigenvalue weighted by Crippen LogP contribution is 2.35. The molecule has 0 radical (unpaired) electrons. The molecular weight excluding hydrogens is 241 g/mol. The molecule has 3 rings (SSSR count). The number of halogens is 1.